The maximum absolute atomic E-state index is 6.00. The van der Waals surface area contributed by atoms with Gasteiger partial charge in [0.05, 0.1) is 42.7 Å². The summed E-state index contributed by atoms with van der Waals surface area (Å²) in [6, 6.07) is 26.4. The molecule has 206 valence electrons. The maximum atomic E-state index is 6.00. The Labute approximate surface area is 235 Å². The number of allylic oxidation sites excluding steroid dienone is 1. The van der Waals surface area contributed by atoms with E-state index in [0.717, 1.165) is 67.9 Å². The Morgan fingerprint density at radius 2 is 1.00 bits per heavy atom. The van der Waals surface area contributed by atoms with Crippen molar-refractivity contribution in [3.63, 3.8) is 0 Å². The molecule has 0 saturated heterocycles. The summed E-state index contributed by atoms with van der Waals surface area (Å²) < 4.78 is 34.0. The predicted molar refractivity (Wildman–Crippen MR) is 158 cm³/mol. The largest absolute Gasteiger partial charge is 0.497 e. The zero-order chi connectivity index (χ0) is 28.2. The summed E-state index contributed by atoms with van der Waals surface area (Å²) in [5.74, 6) is 4.42. The molecule has 6 nitrogen and oxygen atoms in total. The lowest BCUT2D eigenvalue weighted by molar-refractivity contribution is 0.389. The molecule has 0 radical (unpaired) electrons. The van der Waals surface area contributed by atoms with Crippen LogP contribution in [0.3, 0.4) is 0 Å². The quantitative estimate of drug-likeness (QED) is 0.225. The van der Waals surface area contributed by atoms with Crippen LogP contribution in [0.2, 0.25) is 0 Å². The Bertz CT molecular complexity index is 1480. The van der Waals surface area contributed by atoms with Crippen molar-refractivity contribution < 1.29 is 28.4 Å². The van der Waals surface area contributed by atoms with E-state index >= 15 is 0 Å². The van der Waals surface area contributed by atoms with Gasteiger partial charge in [0.1, 0.15) is 34.5 Å². The Hall–Kier alpha value is -4.58. The lowest BCUT2D eigenvalue weighted by Crippen LogP contribution is -2.09. The molecule has 0 bridgehead atoms. The lowest BCUT2D eigenvalue weighted by atomic mass is 9.79. The Morgan fingerprint density at radius 1 is 0.475 bits per heavy atom. The molecular weight excluding hydrogens is 504 g/mol. The van der Waals surface area contributed by atoms with E-state index < -0.39 is 0 Å². The number of methoxy groups -OCH3 is 6. The molecule has 0 heterocycles. The first-order chi connectivity index (χ1) is 19.5. The maximum Gasteiger partial charge on any atom is 0.127 e. The van der Waals surface area contributed by atoms with Crippen LogP contribution < -0.4 is 28.4 Å². The number of fused-ring (bicyclic) bond motifs is 1. The Morgan fingerprint density at radius 3 is 1.52 bits per heavy atom. The molecule has 0 unspecified atom stereocenters. The fraction of sp³-hybridized carbons (Fsp3) is 0.235. The SMILES string of the molecule is COc1ccc(C=C2c3cc(OC)cc(OC)c3[C@@H](c3ccc(OC)cc3)[C@@H]2c2cc(OC)cc(OC)c2)cc1. The van der Waals surface area contributed by atoms with Crippen LogP contribution in [0.25, 0.3) is 11.6 Å². The number of hydrogen-bond donors (Lipinski definition) is 0. The molecule has 1 aliphatic carbocycles. The minimum Gasteiger partial charge on any atom is -0.497 e. The van der Waals surface area contributed by atoms with Gasteiger partial charge in [-0.1, -0.05) is 30.3 Å². The van der Waals surface area contributed by atoms with Gasteiger partial charge in [0.2, 0.25) is 0 Å². The average Bonchev–Trinajstić information content (AvgIpc) is 3.34. The molecule has 40 heavy (non-hydrogen) atoms. The van der Waals surface area contributed by atoms with Crippen molar-refractivity contribution in [2.75, 3.05) is 42.7 Å². The molecule has 4 aromatic carbocycles. The fourth-order valence-electron chi connectivity index (χ4n) is 5.56. The molecule has 4 aromatic rings. The molecule has 0 N–H and O–H groups in total. The van der Waals surface area contributed by atoms with Crippen LogP contribution in [0.5, 0.6) is 34.5 Å². The second-order valence-electron chi connectivity index (χ2n) is 9.54. The van der Waals surface area contributed by atoms with Crippen molar-refractivity contribution in [1.29, 1.82) is 0 Å². The molecule has 0 aliphatic heterocycles. The minimum atomic E-state index is -0.0875. The summed E-state index contributed by atoms with van der Waals surface area (Å²) in [6.07, 6.45) is 2.23. The standard InChI is InChI=1S/C34H34O6/c1-35-24-11-7-21(8-12-24)15-29-30-19-28(39-5)20-31(40-6)34(30)33(22-9-13-25(36-2)14-10-22)32(29)23-16-26(37-3)18-27(17-23)38-4/h7-20,32-33H,1-6H3/t32-,33+/m1/s1. The monoisotopic (exact) mass is 538 g/mol. The van der Waals surface area contributed by atoms with Crippen LogP contribution >= 0.6 is 0 Å². The van der Waals surface area contributed by atoms with Crippen molar-refractivity contribution in [2.45, 2.75) is 11.8 Å². The molecule has 0 spiro atoms. The van der Waals surface area contributed by atoms with Gasteiger partial charge in [-0.25, -0.2) is 0 Å². The molecule has 5 rings (SSSR count). The highest BCUT2D eigenvalue weighted by Crippen LogP contribution is 2.59. The highest BCUT2D eigenvalue weighted by molar-refractivity contribution is 5.93. The Balaban J connectivity index is 1.83. The summed E-state index contributed by atoms with van der Waals surface area (Å²) in [5, 5.41) is 0. The van der Waals surface area contributed by atoms with Gasteiger partial charge < -0.3 is 28.4 Å². The van der Waals surface area contributed by atoms with Gasteiger partial charge in [-0.3, -0.25) is 0 Å². The predicted octanol–water partition coefficient (Wildman–Crippen LogP) is 7.21. The van der Waals surface area contributed by atoms with E-state index in [1.54, 1.807) is 42.7 Å². The summed E-state index contributed by atoms with van der Waals surface area (Å²) in [6.45, 7) is 0. The molecule has 0 amide bonds. The zero-order valence-corrected chi connectivity index (χ0v) is 23.7. The van der Waals surface area contributed by atoms with Gasteiger partial charge >= 0.3 is 0 Å². The van der Waals surface area contributed by atoms with Crippen LogP contribution in [0.15, 0.2) is 78.9 Å². The third kappa shape index (κ3) is 5.05. The van der Waals surface area contributed by atoms with Crippen molar-refractivity contribution in [2.24, 2.45) is 0 Å². The smallest absolute Gasteiger partial charge is 0.127 e. The highest BCUT2D eigenvalue weighted by atomic mass is 16.5. The zero-order valence-electron chi connectivity index (χ0n) is 23.7. The summed E-state index contributed by atoms with van der Waals surface area (Å²) in [5.41, 5.74) is 6.55. The van der Waals surface area contributed by atoms with Gasteiger partial charge in [0.15, 0.2) is 0 Å². The molecule has 1 aliphatic rings. The van der Waals surface area contributed by atoms with E-state index in [1.165, 1.54) is 0 Å². The van der Waals surface area contributed by atoms with Gasteiger partial charge in [-0.15, -0.1) is 0 Å². The first-order valence-electron chi connectivity index (χ1n) is 13.0. The van der Waals surface area contributed by atoms with Crippen molar-refractivity contribution in [1.82, 2.24) is 0 Å². The third-order valence-corrected chi connectivity index (χ3v) is 7.51. The normalized spacial score (nSPS) is 16.8. The molecule has 0 aromatic heterocycles. The molecule has 0 fully saturated rings. The Kier molecular flexibility index (Phi) is 7.87. The summed E-state index contributed by atoms with van der Waals surface area (Å²) in [4.78, 5) is 0. The third-order valence-electron chi connectivity index (χ3n) is 7.51. The van der Waals surface area contributed by atoms with Crippen LogP contribution in [-0.4, -0.2) is 42.7 Å². The first-order valence-corrected chi connectivity index (χ1v) is 13.0. The molecular formula is C34H34O6. The van der Waals surface area contributed by atoms with E-state index in [2.05, 4.69) is 48.5 Å². The molecule has 0 saturated carbocycles. The van der Waals surface area contributed by atoms with Crippen LogP contribution in [0.1, 0.15) is 39.7 Å². The van der Waals surface area contributed by atoms with E-state index in [1.807, 2.05) is 36.4 Å². The molecule has 6 heteroatoms. The van der Waals surface area contributed by atoms with Crippen LogP contribution in [-0.2, 0) is 0 Å². The van der Waals surface area contributed by atoms with E-state index in [4.69, 9.17) is 28.4 Å². The highest BCUT2D eigenvalue weighted by Gasteiger charge is 2.41. The average molecular weight is 539 g/mol. The van der Waals surface area contributed by atoms with Gasteiger partial charge in [0.25, 0.3) is 0 Å². The van der Waals surface area contributed by atoms with Gasteiger partial charge in [-0.05, 0) is 70.3 Å². The van der Waals surface area contributed by atoms with Crippen LogP contribution in [0, 0.1) is 0 Å². The van der Waals surface area contributed by atoms with Crippen molar-refractivity contribution in [3.8, 4) is 34.5 Å². The van der Waals surface area contributed by atoms with E-state index in [9.17, 15) is 0 Å². The topological polar surface area (TPSA) is 55.4 Å². The van der Waals surface area contributed by atoms with E-state index in [-0.39, 0.29) is 11.8 Å². The number of rotatable bonds is 9. The fourth-order valence-corrected chi connectivity index (χ4v) is 5.56. The van der Waals surface area contributed by atoms with Crippen LogP contribution in [0.4, 0.5) is 0 Å². The number of hydrogen-bond acceptors (Lipinski definition) is 6. The summed E-state index contributed by atoms with van der Waals surface area (Å²) in [7, 11) is 10.1. The summed E-state index contributed by atoms with van der Waals surface area (Å²) >= 11 is 0. The number of benzene rings is 4. The molecule has 2 atom stereocenters. The van der Waals surface area contributed by atoms with Gasteiger partial charge in [0, 0.05) is 29.5 Å². The van der Waals surface area contributed by atoms with E-state index in [0.29, 0.717) is 0 Å². The lowest BCUT2D eigenvalue weighted by Gasteiger charge is -2.25. The first kappa shape index (κ1) is 27.0. The number of ether oxygens (including phenoxy) is 6. The second-order valence-corrected chi connectivity index (χ2v) is 9.54. The van der Waals surface area contributed by atoms with Crippen molar-refractivity contribution in [3.05, 3.63) is 107 Å². The minimum absolute atomic E-state index is 0.0666. The van der Waals surface area contributed by atoms with Gasteiger partial charge in [-0.2, -0.15) is 0 Å². The van der Waals surface area contributed by atoms with Crippen molar-refractivity contribution >= 4 is 11.6 Å². The second kappa shape index (κ2) is 11.7.